The summed E-state index contributed by atoms with van der Waals surface area (Å²) in [6.45, 7) is 4.46. The summed E-state index contributed by atoms with van der Waals surface area (Å²) >= 11 is 1.68. The predicted molar refractivity (Wildman–Crippen MR) is 72.4 cm³/mol. The van der Waals surface area contributed by atoms with Crippen LogP contribution in [0.2, 0.25) is 0 Å². The van der Waals surface area contributed by atoms with Crippen molar-refractivity contribution in [1.29, 1.82) is 0 Å². The van der Waals surface area contributed by atoms with E-state index in [9.17, 15) is 0 Å². The molecule has 0 aliphatic rings. The Hall–Kier alpha value is -1.19. The molecule has 2 aromatic rings. The Bertz CT molecular complexity index is 505. The van der Waals surface area contributed by atoms with Crippen molar-refractivity contribution < 1.29 is 5.11 Å². The number of hydrogen-bond acceptors (Lipinski definition) is 3. The molecule has 0 bridgehead atoms. The summed E-state index contributed by atoms with van der Waals surface area (Å²) in [4.78, 5) is 4.62. The summed E-state index contributed by atoms with van der Waals surface area (Å²) in [7, 11) is 0. The monoisotopic (exact) mass is 247 g/mol. The van der Waals surface area contributed by atoms with E-state index in [1.54, 1.807) is 11.3 Å². The van der Waals surface area contributed by atoms with Gasteiger partial charge in [-0.25, -0.2) is 4.98 Å². The van der Waals surface area contributed by atoms with E-state index >= 15 is 0 Å². The van der Waals surface area contributed by atoms with Crippen LogP contribution < -0.4 is 0 Å². The first-order chi connectivity index (χ1) is 8.20. The fraction of sp³-hybridized carbons (Fsp3) is 0.357. The lowest BCUT2D eigenvalue weighted by molar-refractivity contribution is 0.288. The van der Waals surface area contributed by atoms with Crippen LogP contribution in [0.25, 0.3) is 10.6 Å². The third-order valence-electron chi connectivity index (χ3n) is 2.76. The molecule has 90 valence electrons. The number of nitrogens with zero attached hydrogens (tertiary/aromatic N) is 1. The number of aryl methyl sites for hydroxylation is 3. The van der Waals surface area contributed by atoms with E-state index in [2.05, 4.69) is 42.4 Å². The van der Waals surface area contributed by atoms with Crippen LogP contribution >= 0.6 is 11.3 Å². The van der Waals surface area contributed by atoms with Gasteiger partial charge in [-0.15, -0.1) is 11.3 Å². The van der Waals surface area contributed by atoms with E-state index < -0.39 is 0 Å². The highest BCUT2D eigenvalue weighted by molar-refractivity contribution is 7.13. The fourth-order valence-electron chi connectivity index (χ4n) is 1.86. The highest BCUT2D eigenvalue weighted by Crippen LogP contribution is 2.27. The van der Waals surface area contributed by atoms with Gasteiger partial charge in [-0.05, 0) is 32.3 Å². The zero-order chi connectivity index (χ0) is 12.3. The lowest BCUT2D eigenvalue weighted by atomic mass is 10.1. The van der Waals surface area contributed by atoms with Crippen LogP contribution in [0, 0.1) is 13.8 Å². The molecule has 0 saturated carbocycles. The molecule has 1 N–H and O–H groups in total. The molecule has 0 amide bonds. The predicted octanol–water partition coefficient (Wildman–Crippen LogP) is 3.35. The van der Waals surface area contributed by atoms with Gasteiger partial charge in [0.05, 0.1) is 5.69 Å². The molecule has 0 unspecified atom stereocenters. The second-order valence-electron chi connectivity index (χ2n) is 4.29. The van der Waals surface area contributed by atoms with Crippen molar-refractivity contribution in [3.63, 3.8) is 0 Å². The fourth-order valence-corrected chi connectivity index (χ4v) is 2.80. The maximum absolute atomic E-state index is 8.80. The van der Waals surface area contributed by atoms with E-state index in [1.165, 1.54) is 16.7 Å². The van der Waals surface area contributed by atoms with Gasteiger partial charge in [-0.1, -0.05) is 23.8 Å². The molecule has 0 spiro atoms. The largest absolute Gasteiger partial charge is 0.396 e. The van der Waals surface area contributed by atoms with Gasteiger partial charge in [-0.3, -0.25) is 0 Å². The van der Waals surface area contributed by atoms with Gasteiger partial charge < -0.3 is 5.11 Å². The molecule has 0 fully saturated rings. The van der Waals surface area contributed by atoms with Crippen LogP contribution in [0.3, 0.4) is 0 Å². The first-order valence-electron chi connectivity index (χ1n) is 5.83. The van der Waals surface area contributed by atoms with Crippen LogP contribution in [0.1, 0.15) is 23.2 Å². The third-order valence-corrected chi connectivity index (χ3v) is 3.68. The molecule has 0 saturated heterocycles. The maximum atomic E-state index is 8.80. The Morgan fingerprint density at radius 3 is 2.82 bits per heavy atom. The van der Waals surface area contributed by atoms with Crippen molar-refractivity contribution in [3.05, 3.63) is 40.4 Å². The number of aromatic nitrogens is 1. The maximum Gasteiger partial charge on any atom is 0.123 e. The molecular weight excluding hydrogens is 230 g/mol. The van der Waals surface area contributed by atoms with Crippen molar-refractivity contribution in [2.24, 2.45) is 0 Å². The molecule has 0 aliphatic heterocycles. The summed E-state index contributed by atoms with van der Waals surface area (Å²) < 4.78 is 0. The average molecular weight is 247 g/mol. The van der Waals surface area contributed by atoms with Crippen molar-refractivity contribution in [3.8, 4) is 10.6 Å². The van der Waals surface area contributed by atoms with Gasteiger partial charge in [0.25, 0.3) is 0 Å². The molecular formula is C14H17NOS. The molecule has 0 radical (unpaired) electrons. The highest BCUT2D eigenvalue weighted by atomic mass is 32.1. The summed E-state index contributed by atoms with van der Waals surface area (Å²) in [6.07, 6.45) is 1.65. The molecule has 2 nitrogen and oxygen atoms in total. The van der Waals surface area contributed by atoms with Gasteiger partial charge in [0.2, 0.25) is 0 Å². The molecule has 1 aromatic heterocycles. The summed E-state index contributed by atoms with van der Waals surface area (Å²) in [5.41, 5.74) is 4.85. The average Bonchev–Trinajstić information content (AvgIpc) is 2.75. The number of aliphatic hydroxyl groups is 1. The topological polar surface area (TPSA) is 33.1 Å². The lowest BCUT2D eigenvalue weighted by Crippen LogP contribution is -1.90. The van der Waals surface area contributed by atoms with Gasteiger partial charge in [-0.2, -0.15) is 0 Å². The zero-order valence-electron chi connectivity index (χ0n) is 10.2. The highest BCUT2D eigenvalue weighted by Gasteiger charge is 2.07. The SMILES string of the molecule is Cc1ccc(-c2nc(CCCO)cs2)c(C)c1. The second kappa shape index (κ2) is 5.43. The number of rotatable bonds is 4. The Balaban J connectivity index is 2.24. The smallest absolute Gasteiger partial charge is 0.123 e. The third kappa shape index (κ3) is 2.93. The number of thiazole rings is 1. The molecule has 1 aromatic carbocycles. The van der Waals surface area contributed by atoms with Crippen LogP contribution in [-0.2, 0) is 6.42 Å². The first kappa shape index (κ1) is 12.3. The minimum Gasteiger partial charge on any atom is -0.396 e. The number of benzene rings is 1. The number of hydrogen-bond donors (Lipinski definition) is 1. The van der Waals surface area contributed by atoms with Gasteiger partial charge >= 0.3 is 0 Å². The molecule has 3 heteroatoms. The second-order valence-corrected chi connectivity index (χ2v) is 5.15. The van der Waals surface area contributed by atoms with Crippen LogP contribution in [-0.4, -0.2) is 16.7 Å². The summed E-state index contributed by atoms with van der Waals surface area (Å²) in [6, 6.07) is 6.45. The zero-order valence-corrected chi connectivity index (χ0v) is 11.0. The quantitative estimate of drug-likeness (QED) is 0.898. The molecule has 2 rings (SSSR count). The molecule has 0 aliphatic carbocycles. The van der Waals surface area contributed by atoms with Crippen molar-refractivity contribution in [1.82, 2.24) is 4.98 Å². The van der Waals surface area contributed by atoms with Gasteiger partial charge in [0.15, 0.2) is 0 Å². The van der Waals surface area contributed by atoms with Gasteiger partial charge in [0, 0.05) is 17.6 Å². The van der Waals surface area contributed by atoms with E-state index in [0.717, 1.165) is 23.5 Å². The van der Waals surface area contributed by atoms with Crippen LogP contribution in [0.15, 0.2) is 23.6 Å². The Kier molecular flexibility index (Phi) is 3.92. The Morgan fingerprint density at radius 1 is 1.29 bits per heavy atom. The number of aliphatic hydroxyl groups excluding tert-OH is 1. The van der Waals surface area contributed by atoms with Crippen LogP contribution in [0.4, 0.5) is 0 Å². The Labute approximate surface area is 106 Å². The normalized spacial score (nSPS) is 10.8. The van der Waals surface area contributed by atoms with E-state index in [-0.39, 0.29) is 6.61 Å². The first-order valence-corrected chi connectivity index (χ1v) is 6.71. The minimum atomic E-state index is 0.233. The van der Waals surface area contributed by atoms with Crippen molar-refractivity contribution >= 4 is 11.3 Å². The Morgan fingerprint density at radius 2 is 2.12 bits per heavy atom. The standard InChI is InChI=1S/C14H17NOS/c1-10-5-6-13(11(2)8-10)14-15-12(9-17-14)4-3-7-16/h5-6,8-9,16H,3-4,7H2,1-2H3. The van der Waals surface area contributed by atoms with Gasteiger partial charge in [0.1, 0.15) is 5.01 Å². The minimum absolute atomic E-state index is 0.233. The van der Waals surface area contributed by atoms with Crippen molar-refractivity contribution in [2.45, 2.75) is 26.7 Å². The van der Waals surface area contributed by atoms with E-state index in [4.69, 9.17) is 5.11 Å². The van der Waals surface area contributed by atoms with E-state index in [1.807, 2.05) is 0 Å². The molecule has 0 atom stereocenters. The molecule has 1 heterocycles. The van der Waals surface area contributed by atoms with Crippen LogP contribution in [0.5, 0.6) is 0 Å². The van der Waals surface area contributed by atoms with E-state index in [0.29, 0.717) is 0 Å². The summed E-state index contributed by atoms with van der Waals surface area (Å²) in [5, 5.41) is 12.0. The lowest BCUT2D eigenvalue weighted by Gasteiger charge is -2.03. The van der Waals surface area contributed by atoms with Crippen molar-refractivity contribution in [2.75, 3.05) is 6.61 Å². The molecule has 17 heavy (non-hydrogen) atoms. The summed E-state index contributed by atoms with van der Waals surface area (Å²) in [5.74, 6) is 0.